The third kappa shape index (κ3) is 4.91. The maximum absolute atomic E-state index is 14.0. The van der Waals surface area contributed by atoms with Gasteiger partial charge in [0.25, 0.3) is 5.91 Å². The van der Waals surface area contributed by atoms with Crippen LogP contribution in [0.15, 0.2) is 82.6 Å². The molecule has 7 atom stereocenters. The predicted octanol–water partition coefficient (Wildman–Crippen LogP) is 5.86. The van der Waals surface area contributed by atoms with Crippen LogP contribution in [0, 0.1) is 29.6 Å². The number of nitrogens with zero attached hydrogens (tertiary/aromatic N) is 1. The van der Waals surface area contributed by atoms with Crippen LogP contribution in [0.5, 0.6) is 11.5 Å². The molecule has 1 aromatic heterocycles. The van der Waals surface area contributed by atoms with E-state index in [1.807, 2.05) is 12.1 Å². The lowest BCUT2D eigenvalue weighted by atomic mass is 9.68. The summed E-state index contributed by atoms with van der Waals surface area (Å²) in [7, 11) is 0. The molecule has 14 heteroatoms. The number of fused-ring (bicyclic) bond motifs is 9. The summed E-state index contributed by atoms with van der Waals surface area (Å²) in [6.45, 7) is -0.320. The van der Waals surface area contributed by atoms with E-state index in [4.69, 9.17) is 4.74 Å². The number of aromatic amines is 1. The van der Waals surface area contributed by atoms with Crippen LogP contribution in [-0.2, 0) is 20.6 Å². The van der Waals surface area contributed by atoms with Crippen molar-refractivity contribution in [1.29, 1.82) is 0 Å². The first-order valence-electron chi connectivity index (χ1n) is 15.2. The van der Waals surface area contributed by atoms with Crippen molar-refractivity contribution in [2.75, 3.05) is 16.8 Å². The Bertz CT molecular complexity index is 2030. The van der Waals surface area contributed by atoms with Crippen molar-refractivity contribution in [3.8, 4) is 11.5 Å². The number of rotatable bonds is 6. The number of amides is 3. The number of thioether (sulfide) groups is 1. The Morgan fingerprint density at radius 2 is 1.71 bits per heavy atom. The van der Waals surface area contributed by atoms with E-state index in [9.17, 15) is 37.5 Å². The van der Waals surface area contributed by atoms with E-state index in [1.54, 1.807) is 24.3 Å². The molecule has 3 fully saturated rings. The number of imide groups is 1. The van der Waals surface area contributed by atoms with Crippen molar-refractivity contribution in [3.05, 3.63) is 98.5 Å². The van der Waals surface area contributed by atoms with Crippen LogP contribution in [0.25, 0.3) is 0 Å². The first-order valence-corrected chi connectivity index (χ1v) is 16.9. The van der Waals surface area contributed by atoms with E-state index in [2.05, 4.69) is 10.3 Å². The van der Waals surface area contributed by atoms with E-state index in [0.29, 0.717) is 22.9 Å². The summed E-state index contributed by atoms with van der Waals surface area (Å²) in [5, 5.41) is 12.8. The maximum Gasteiger partial charge on any atom is 0.416 e. The first-order chi connectivity index (χ1) is 23.0. The molecule has 1 saturated heterocycles. The second kappa shape index (κ2) is 11.3. The van der Waals surface area contributed by atoms with Gasteiger partial charge in [0.2, 0.25) is 11.8 Å². The first kappa shape index (κ1) is 30.8. The van der Waals surface area contributed by atoms with Gasteiger partial charge in [-0.05, 0) is 72.7 Å². The molecule has 2 saturated carbocycles. The third-order valence-electron chi connectivity index (χ3n) is 9.92. The number of hydrogen-bond acceptors (Lipinski definition) is 8. The highest BCUT2D eigenvalue weighted by Gasteiger charge is 2.70. The Labute approximate surface area is 279 Å². The smallest absolute Gasteiger partial charge is 0.416 e. The van der Waals surface area contributed by atoms with E-state index in [0.717, 1.165) is 38.8 Å². The number of halogens is 3. The van der Waals surface area contributed by atoms with Gasteiger partial charge in [0.1, 0.15) is 11.5 Å². The molecule has 0 radical (unpaired) electrons. The lowest BCUT2D eigenvalue weighted by Crippen LogP contribution is -2.42. The highest BCUT2D eigenvalue weighted by Crippen LogP contribution is 2.69. The zero-order chi connectivity index (χ0) is 33.5. The summed E-state index contributed by atoms with van der Waals surface area (Å²) in [6, 6.07) is 17.5. The number of para-hydroxylation sites is 1. The standard InChI is InChI=1S/C34H26F3N3O6S2/c35-34(36,37)15-4-3-5-17(12-15)40-31(43)26-20-13-21(27(26)32(40)44)28-25(20)24(29-30(47-28)39-33(45)48-29)19-6-1-2-7-22(19)46-14-23(42)38-16-8-10-18(41)11-9-16/h1-12,20-21,24-28,41H,13-14H2,(H,38,42)(H,39,45)/t20-,21-,24-,25?,26?,27?,28?/m1/s1. The molecule has 48 heavy (non-hydrogen) atoms. The van der Waals surface area contributed by atoms with Crippen molar-refractivity contribution < 1.29 is 37.4 Å². The quantitative estimate of drug-likeness (QED) is 0.171. The lowest BCUT2D eigenvalue weighted by Gasteiger charge is -2.43. The van der Waals surface area contributed by atoms with Gasteiger partial charge >= 0.3 is 11.0 Å². The minimum absolute atomic E-state index is 0.0625. The minimum Gasteiger partial charge on any atom is -0.508 e. The Hall–Kier alpha value is -4.56. The number of carbonyl (C=O) groups excluding carboxylic acids is 3. The van der Waals surface area contributed by atoms with Gasteiger partial charge in [-0.25, -0.2) is 0 Å². The number of carbonyl (C=O) groups is 3. The molecule has 4 aromatic rings. The summed E-state index contributed by atoms with van der Waals surface area (Å²) in [5.41, 5.74) is 0.188. The average molecular weight is 694 g/mol. The highest BCUT2D eigenvalue weighted by atomic mass is 32.2. The number of hydrogen-bond donors (Lipinski definition) is 3. The van der Waals surface area contributed by atoms with Gasteiger partial charge in [-0.3, -0.25) is 24.1 Å². The Kier molecular flexibility index (Phi) is 7.22. The van der Waals surface area contributed by atoms with Crippen molar-refractivity contribution in [2.24, 2.45) is 29.6 Å². The number of anilines is 2. The normalized spacial score (nSPS) is 27.1. The van der Waals surface area contributed by atoms with Crippen LogP contribution in [-0.4, -0.2) is 39.7 Å². The van der Waals surface area contributed by atoms with Crippen LogP contribution in [0.2, 0.25) is 0 Å². The molecule has 0 spiro atoms. The molecule has 2 aliphatic heterocycles. The summed E-state index contributed by atoms with van der Waals surface area (Å²) >= 11 is 2.57. The fraction of sp³-hybridized carbons (Fsp3) is 0.294. The molecule has 3 amide bonds. The van der Waals surface area contributed by atoms with Gasteiger partial charge in [-0.2, -0.15) is 13.2 Å². The Morgan fingerprint density at radius 3 is 2.46 bits per heavy atom. The number of thiazole rings is 1. The number of ether oxygens (including phenoxy) is 1. The minimum atomic E-state index is -4.63. The Morgan fingerprint density at radius 1 is 0.979 bits per heavy atom. The second-order valence-corrected chi connectivity index (χ2v) is 14.6. The highest BCUT2D eigenvalue weighted by molar-refractivity contribution is 8.00. The summed E-state index contributed by atoms with van der Waals surface area (Å²) in [6.07, 6.45) is -4.04. The molecule has 2 bridgehead atoms. The van der Waals surface area contributed by atoms with Crippen molar-refractivity contribution >= 4 is 52.2 Å². The van der Waals surface area contributed by atoms with E-state index >= 15 is 0 Å². The Balaban J connectivity index is 1.12. The van der Waals surface area contributed by atoms with Gasteiger partial charge in [-0.15, -0.1) is 11.8 Å². The van der Waals surface area contributed by atoms with E-state index in [1.165, 1.54) is 36.0 Å². The zero-order valence-corrected chi connectivity index (χ0v) is 26.4. The van der Waals surface area contributed by atoms with Crippen LogP contribution in [0.3, 0.4) is 0 Å². The van der Waals surface area contributed by atoms with Crippen molar-refractivity contribution in [3.63, 3.8) is 0 Å². The second-order valence-electron chi connectivity index (χ2n) is 12.4. The number of nitrogens with one attached hydrogen (secondary N) is 2. The fourth-order valence-electron chi connectivity index (χ4n) is 8.19. The number of phenols is 1. The fourth-order valence-corrected chi connectivity index (χ4v) is 11.1. The van der Waals surface area contributed by atoms with Crippen molar-refractivity contribution in [1.82, 2.24) is 4.98 Å². The van der Waals surface area contributed by atoms with Gasteiger partial charge in [-0.1, -0.05) is 35.6 Å². The monoisotopic (exact) mass is 693 g/mol. The molecule has 246 valence electrons. The molecule has 3 heterocycles. The van der Waals surface area contributed by atoms with E-state index < -0.39 is 47.2 Å². The number of alkyl halides is 3. The SMILES string of the molecule is O=C(COc1ccccc1[C@H]1c2sc(=O)[nH]c2SC2C1[C@H]1C[C@@H]2C2C(=O)N(c3cccc(C(F)(F)F)c3)C(=O)C21)Nc1ccc(O)cc1. The predicted molar refractivity (Wildman–Crippen MR) is 171 cm³/mol. The molecule has 4 aliphatic rings. The van der Waals surface area contributed by atoms with Gasteiger partial charge in [0.05, 0.1) is 28.1 Å². The number of H-pyrrole nitrogens is 1. The topological polar surface area (TPSA) is 129 Å². The summed E-state index contributed by atoms with van der Waals surface area (Å²) < 4.78 is 46.7. The molecular formula is C34H26F3N3O6S2. The van der Waals surface area contributed by atoms with Gasteiger partial charge in [0.15, 0.2) is 6.61 Å². The van der Waals surface area contributed by atoms with Crippen LogP contribution in [0.4, 0.5) is 24.5 Å². The molecular weight excluding hydrogens is 668 g/mol. The maximum atomic E-state index is 14.0. The lowest BCUT2D eigenvalue weighted by molar-refractivity contribution is -0.137. The summed E-state index contributed by atoms with van der Waals surface area (Å²) in [5.74, 6) is -3.38. The average Bonchev–Trinajstić information content (AvgIpc) is 3.79. The van der Waals surface area contributed by atoms with Crippen LogP contribution < -0.4 is 19.8 Å². The molecule has 3 N–H and O–H groups in total. The van der Waals surface area contributed by atoms with Crippen molar-refractivity contribution in [2.45, 2.75) is 28.8 Å². The molecule has 8 rings (SSSR count). The van der Waals surface area contributed by atoms with E-state index in [-0.39, 0.29) is 45.9 Å². The zero-order valence-electron chi connectivity index (χ0n) is 24.8. The molecule has 3 aromatic carbocycles. The van der Waals surface area contributed by atoms with Crippen LogP contribution in [0.1, 0.15) is 28.3 Å². The number of phenolic OH excluding ortho intramolecular Hbond substituents is 1. The molecule has 4 unspecified atom stereocenters. The van der Waals surface area contributed by atoms with Crippen LogP contribution >= 0.6 is 23.1 Å². The van der Waals surface area contributed by atoms with Gasteiger partial charge < -0.3 is 20.1 Å². The summed E-state index contributed by atoms with van der Waals surface area (Å²) in [4.78, 5) is 57.8. The third-order valence-corrected chi connectivity index (χ3v) is 12.5. The molecule has 2 aliphatic carbocycles. The van der Waals surface area contributed by atoms with Gasteiger partial charge in [0, 0.05) is 27.3 Å². The number of aromatic nitrogens is 1. The molecule has 9 nitrogen and oxygen atoms in total. The largest absolute Gasteiger partial charge is 0.508 e. The number of benzene rings is 3. The number of aromatic hydroxyl groups is 1.